The van der Waals surface area contributed by atoms with Crippen molar-refractivity contribution in [1.29, 1.82) is 0 Å². The molecule has 0 saturated heterocycles. The summed E-state index contributed by atoms with van der Waals surface area (Å²) in [5.74, 6) is 0.942. The van der Waals surface area contributed by atoms with E-state index in [0.29, 0.717) is 31.4 Å². The van der Waals surface area contributed by atoms with E-state index in [1.54, 1.807) is 4.90 Å². The van der Waals surface area contributed by atoms with Crippen LogP contribution in [0.3, 0.4) is 0 Å². The Labute approximate surface area is 185 Å². The Balaban J connectivity index is 1.63. The summed E-state index contributed by atoms with van der Waals surface area (Å²) in [5, 5.41) is 0. The molecule has 3 heterocycles. The zero-order valence-corrected chi connectivity index (χ0v) is 18.9. The fraction of sp³-hybridized carbons (Fsp3) is 0.565. The lowest BCUT2D eigenvalue weighted by Gasteiger charge is -2.34. The van der Waals surface area contributed by atoms with Gasteiger partial charge in [0, 0.05) is 25.2 Å². The van der Waals surface area contributed by atoms with E-state index >= 15 is 0 Å². The molecule has 1 amide bonds. The first-order valence-electron chi connectivity index (χ1n) is 10.9. The van der Waals surface area contributed by atoms with Crippen LogP contribution in [0.2, 0.25) is 0 Å². The third-order valence-electron chi connectivity index (χ3n) is 5.64. The molecular weight excluding hydrogens is 421 g/mol. The molecule has 174 valence electrons. The molecule has 0 saturated carbocycles. The molecule has 32 heavy (non-hydrogen) atoms. The van der Waals surface area contributed by atoms with E-state index < -0.39 is 18.3 Å². The van der Waals surface area contributed by atoms with E-state index in [4.69, 9.17) is 4.74 Å². The Morgan fingerprint density at radius 2 is 1.97 bits per heavy atom. The standard InChI is InChI=1S/C23H29F3N4O2/c1-15-5-7-18(30(12-15)21(31)32-22(2,3)4)16-6-8-19-17(11-16)27-20-13-28(9-10-29(19)20)14-23(24,25)26/h6-8,11,15H,5,9-10,12-14H2,1-4H3/t15-/m0/s1. The van der Waals surface area contributed by atoms with E-state index in [9.17, 15) is 18.0 Å². The van der Waals surface area contributed by atoms with Crippen molar-refractivity contribution in [1.82, 2.24) is 19.4 Å². The number of alkyl halides is 3. The Bertz CT molecular complexity index is 1050. The van der Waals surface area contributed by atoms with Crippen molar-refractivity contribution in [3.8, 4) is 0 Å². The number of hydrogen-bond acceptors (Lipinski definition) is 4. The van der Waals surface area contributed by atoms with Crippen molar-refractivity contribution in [3.05, 3.63) is 35.7 Å². The molecular formula is C23H29F3N4O2. The molecule has 6 nitrogen and oxygen atoms in total. The largest absolute Gasteiger partial charge is 0.443 e. The number of hydrogen-bond donors (Lipinski definition) is 0. The number of nitrogens with zero attached hydrogens (tertiary/aromatic N) is 4. The maximum absolute atomic E-state index is 12.9. The fourth-order valence-corrected chi connectivity index (χ4v) is 4.29. The van der Waals surface area contributed by atoms with Gasteiger partial charge in [0.25, 0.3) is 0 Å². The quantitative estimate of drug-likeness (QED) is 0.644. The number of carbonyl (C=O) groups is 1. The van der Waals surface area contributed by atoms with Gasteiger partial charge in [-0.05, 0) is 45.2 Å². The van der Waals surface area contributed by atoms with Crippen molar-refractivity contribution in [2.24, 2.45) is 5.92 Å². The molecule has 1 aromatic heterocycles. The molecule has 2 aromatic rings. The molecule has 2 aliphatic heterocycles. The fourth-order valence-electron chi connectivity index (χ4n) is 4.29. The summed E-state index contributed by atoms with van der Waals surface area (Å²) < 4.78 is 46.0. The smallest absolute Gasteiger partial charge is 0.414 e. The minimum absolute atomic E-state index is 0.160. The number of carbonyl (C=O) groups excluding carboxylic acids is 1. The summed E-state index contributed by atoms with van der Waals surface area (Å²) in [5.41, 5.74) is 2.64. The number of fused-ring (bicyclic) bond motifs is 3. The molecule has 0 bridgehead atoms. The van der Waals surface area contributed by atoms with Gasteiger partial charge in [-0.1, -0.05) is 19.1 Å². The average molecular weight is 451 g/mol. The third-order valence-corrected chi connectivity index (χ3v) is 5.64. The van der Waals surface area contributed by atoms with Crippen LogP contribution < -0.4 is 0 Å². The molecule has 1 aromatic carbocycles. The summed E-state index contributed by atoms with van der Waals surface area (Å²) in [6, 6.07) is 5.79. The van der Waals surface area contributed by atoms with Gasteiger partial charge in [0.05, 0.1) is 29.8 Å². The number of halogens is 3. The zero-order chi connectivity index (χ0) is 23.3. The Hall–Kier alpha value is -2.55. The third kappa shape index (κ3) is 4.92. The van der Waals surface area contributed by atoms with Crippen molar-refractivity contribution in [2.75, 3.05) is 19.6 Å². The highest BCUT2D eigenvalue weighted by Crippen LogP contribution is 2.32. The predicted molar refractivity (Wildman–Crippen MR) is 116 cm³/mol. The lowest BCUT2D eigenvalue weighted by atomic mass is 9.98. The van der Waals surface area contributed by atoms with Gasteiger partial charge in [0.1, 0.15) is 11.4 Å². The minimum Gasteiger partial charge on any atom is -0.443 e. The predicted octanol–water partition coefficient (Wildman–Crippen LogP) is 5.03. The van der Waals surface area contributed by atoms with Crippen molar-refractivity contribution in [3.63, 3.8) is 0 Å². The summed E-state index contributed by atoms with van der Waals surface area (Å²) in [4.78, 5) is 20.5. The number of benzene rings is 1. The topological polar surface area (TPSA) is 50.6 Å². The van der Waals surface area contributed by atoms with Crippen LogP contribution in [0.1, 0.15) is 45.5 Å². The van der Waals surface area contributed by atoms with E-state index in [1.807, 2.05) is 49.6 Å². The highest BCUT2D eigenvalue weighted by atomic mass is 19.4. The second kappa shape index (κ2) is 8.10. The van der Waals surface area contributed by atoms with Gasteiger partial charge in [-0.3, -0.25) is 9.80 Å². The van der Waals surface area contributed by atoms with Crippen LogP contribution in [-0.2, 0) is 17.8 Å². The molecule has 0 radical (unpaired) electrons. The maximum atomic E-state index is 12.9. The maximum Gasteiger partial charge on any atom is 0.414 e. The van der Waals surface area contributed by atoms with Crippen LogP contribution >= 0.6 is 0 Å². The lowest BCUT2D eigenvalue weighted by Crippen LogP contribution is -2.39. The molecule has 0 fully saturated rings. The first-order chi connectivity index (χ1) is 14.9. The van der Waals surface area contributed by atoms with Crippen LogP contribution in [0.25, 0.3) is 16.7 Å². The van der Waals surface area contributed by atoms with Crippen LogP contribution in [0.15, 0.2) is 24.3 Å². The van der Waals surface area contributed by atoms with Gasteiger partial charge in [0.15, 0.2) is 0 Å². The van der Waals surface area contributed by atoms with E-state index in [-0.39, 0.29) is 12.6 Å². The van der Waals surface area contributed by atoms with Gasteiger partial charge in [-0.2, -0.15) is 13.2 Å². The summed E-state index contributed by atoms with van der Waals surface area (Å²) in [7, 11) is 0. The second-order valence-electron chi connectivity index (χ2n) is 9.73. The summed E-state index contributed by atoms with van der Waals surface area (Å²) >= 11 is 0. The molecule has 0 unspecified atom stereocenters. The second-order valence-corrected chi connectivity index (χ2v) is 9.73. The molecule has 0 spiro atoms. The Morgan fingerprint density at radius 3 is 2.66 bits per heavy atom. The number of allylic oxidation sites excluding steroid dienone is 1. The molecule has 9 heteroatoms. The van der Waals surface area contributed by atoms with E-state index in [2.05, 4.69) is 11.9 Å². The zero-order valence-electron chi connectivity index (χ0n) is 18.9. The van der Waals surface area contributed by atoms with Crippen LogP contribution in [-0.4, -0.2) is 56.9 Å². The minimum atomic E-state index is -4.23. The normalized spacial score (nSPS) is 20.3. The Kier molecular flexibility index (Phi) is 5.73. The molecule has 0 N–H and O–H groups in total. The molecule has 4 rings (SSSR count). The van der Waals surface area contributed by atoms with Crippen molar-refractivity contribution in [2.45, 2.75) is 59.0 Å². The highest BCUT2D eigenvalue weighted by Gasteiger charge is 2.33. The first kappa shape index (κ1) is 22.6. The van der Waals surface area contributed by atoms with Crippen LogP contribution in [0, 0.1) is 5.92 Å². The molecule has 2 aliphatic rings. The van der Waals surface area contributed by atoms with E-state index in [0.717, 1.165) is 28.7 Å². The number of ether oxygens (including phenoxy) is 1. The molecule has 1 atom stereocenters. The number of aromatic nitrogens is 2. The Morgan fingerprint density at radius 1 is 1.22 bits per heavy atom. The molecule has 0 aliphatic carbocycles. The van der Waals surface area contributed by atoms with Gasteiger partial charge in [-0.15, -0.1) is 0 Å². The van der Waals surface area contributed by atoms with Crippen molar-refractivity contribution >= 4 is 22.8 Å². The number of rotatable bonds is 2. The van der Waals surface area contributed by atoms with Gasteiger partial charge < -0.3 is 9.30 Å². The number of imidazole rings is 1. The van der Waals surface area contributed by atoms with E-state index in [1.165, 1.54) is 4.90 Å². The monoisotopic (exact) mass is 450 g/mol. The average Bonchev–Trinajstić information content (AvgIpc) is 3.02. The SMILES string of the molecule is C[C@H]1CC=C(c2ccc3c(c2)nc2n3CCN(CC(F)(F)F)C2)N(C(=O)OC(C)(C)C)C1. The summed E-state index contributed by atoms with van der Waals surface area (Å²) in [6.45, 7) is 8.18. The van der Waals surface area contributed by atoms with Crippen LogP contribution in [0.4, 0.5) is 18.0 Å². The first-order valence-corrected chi connectivity index (χ1v) is 10.9. The van der Waals surface area contributed by atoms with Crippen molar-refractivity contribution < 1.29 is 22.7 Å². The van der Waals surface area contributed by atoms with Crippen LogP contribution in [0.5, 0.6) is 0 Å². The van der Waals surface area contributed by atoms with Gasteiger partial charge in [0.2, 0.25) is 0 Å². The summed E-state index contributed by atoms with van der Waals surface area (Å²) in [6.07, 6.45) is -1.72. The van der Waals surface area contributed by atoms with Gasteiger partial charge >= 0.3 is 12.3 Å². The van der Waals surface area contributed by atoms with Gasteiger partial charge in [-0.25, -0.2) is 9.78 Å². The lowest BCUT2D eigenvalue weighted by molar-refractivity contribution is -0.148. The highest BCUT2D eigenvalue weighted by molar-refractivity contribution is 5.87. The number of amides is 1.